The molecular formula is C45H85NO10. The molecule has 11 nitrogen and oxygen atoms in total. The van der Waals surface area contributed by atoms with Crippen LogP contribution in [0.15, 0.2) is 24.3 Å². The lowest BCUT2D eigenvalue weighted by Gasteiger charge is -2.40. The van der Waals surface area contributed by atoms with Crippen molar-refractivity contribution in [1.29, 1.82) is 0 Å². The van der Waals surface area contributed by atoms with Gasteiger partial charge in [-0.3, -0.25) is 4.79 Å². The van der Waals surface area contributed by atoms with Crippen molar-refractivity contribution in [3.63, 3.8) is 0 Å². The Balaban J connectivity index is 2.46. The van der Waals surface area contributed by atoms with Crippen molar-refractivity contribution in [2.75, 3.05) is 13.2 Å². The maximum absolute atomic E-state index is 13.0. The highest BCUT2D eigenvalue weighted by atomic mass is 16.7. The van der Waals surface area contributed by atoms with Crippen molar-refractivity contribution in [1.82, 2.24) is 5.32 Å². The van der Waals surface area contributed by atoms with Gasteiger partial charge in [-0.15, -0.1) is 0 Å². The molecule has 1 aliphatic rings. The molecule has 1 fully saturated rings. The SMILES string of the molecule is CCCCCCCCCCCCC/C=C/CC/C=C/CCCC(O)C(O)C(COC1OC(CO)C(O)C(O)C1O)NC(=O)C(O)CCCCCCCCCCC. The molecule has 9 atom stereocenters. The molecule has 0 aromatic rings. The maximum Gasteiger partial charge on any atom is 0.249 e. The Morgan fingerprint density at radius 2 is 1.07 bits per heavy atom. The number of aliphatic hydroxyl groups excluding tert-OH is 7. The second-order valence-electron chi connectivity index (χ2n) is 16.1. The van der Waals surface area contributed by atoms with Gasteiger partial charge in [-0.1, -0.05) is 160 Å². The molecule has 1 rings (SSSR count). The maximum atomic E-state index is 13.0. The molecule has 8 N–H and O–H groups in total. The summed E-state index contributed by atoms with van der Waals surface area (Å²) in [6.07, 6.45) is 26.8. The van der Waals surface area contributed by atoms with E-state index in [2.05, 4.69) is 43.5 Å². The number of amides is 1. The molecule has 0 radical (unpaired) electrons. The van der Waals surface area contributed by atoms with Crippen LogP contribution in [0.3, 0.4) is 0 Å². The largest absolute Gasteiger partial charge is 0.394 e. The molecule has 11 heteroatoms. The number of hydrogen-bond donors (Lipinski definition) is 8. The number of ether oxygens (including phenoxy) is 2. The van der Waals surface area contributed by atoms with Crippen molar-refractivity contribution in [3.8, 4) is 0 Å². The smallest absolute Gasteiger partial charge is 0.249 e. The Bertz CT molecular complexity index is 965. The van der Waals surface area contributed by atoms with Crippen LogP contribution < -0.4 is 5.32 Å². The number of allylic oxidation sites excluding steroid dienone is 4. The first-order valence-electron chi connectivity index (χ1n) is 22.7. The van der Waals surface area contributed by atoms with E-state index >= 15 is 0 Å². The number of unbranched alkanes of at least 4 members (excludes halogenated alkanes) is 21. The van der Waals surface area contributed by atoms with Crippen molar-refractivity contribution in [2.45, 2.75) is 242 Å². The summed E-state index contributed by atoms with van der Waals surface area (Å²) in [6.45, 7) is 3.38. The Hall–Kier alpha value is -1.41. The fourth-order valence-electron chi connectivity index (χ4n) is 7.16. The molecule has 56 heavy (non-hydrogen) atoms. The van der Waals surface area contributed by atoms with Gasteiger partial charge in [0.05, 0.1) is 25.4 Å². The quantitative estimate of drug-likeness (QED) is 0.0239. The first-order chi connectivity index (χ1) is 27.2. The van der Waals surface area contributed by atoms with E-state index in [1.54, 1.807) is 0 Å². The molecule has 0 bridgehead atoms. The van der Waals surface area contributed by atoms with Gasteiger partial charge in [0.25, 0.3) is 0 Å². The minimum absolute atomic E-state index is 0.248. The molecule has 0 spiro atoms. The number of carbonyl (C=O) groups is 1. The van der Waals surface area contributed by atoms with Crippen LogP contribution in [0.1, 0.15) is 187 Å². The average molecular weight is 800 g/mol. The van der Waals surface area contributed by atoms with Crippen LogP contribution in [0.25, 0.3) is 0 Å². The minimum atomic E-state index is -1.67. The highest BCUT2D eigenvalue weighted by molar-refractivity contribution is 5.80. The Morgan fingerprint density at radius 3 is 1.59 bits per heavy atom. The second kappa shape index (κ2) is 35.5. The average Bonchev–Trinajstić information content (AvgIpc) is 3.20. The van der Waals surface area contributed by atoms with Gasteiger partial charge in [0.1, 0.15) is 36.6 Å². The van der Waals surface area contributed by atoms with Gasteiger partial charge in [-0.05, 0) is 51.4 Å². The van der Waals surface area contributed by atoms with Gasteiger partial charge < -0.3 is 50.5 Å². The van der Waals surface area contributed by atoms with E-state index in [4.69, 9.17) is 9.47 Å². The zero-order valence-corrected chi connectivity index (χ0v) is 35.4. The van der Waals surface area contributed by atoms with Gasteiger partial charge >= 0.3 is 0 Å². The summed E-state index contributed by atoms with van der Waals surface area (Å²) >= 11 is 0. The summed E-state index contributed by atoms with van der Waals surface area (Å²) in [5.41, 5.74) is 0. The van der Waals surface area contributed by atoms with Crippen molar-refractivity contribution in [3.05, 3.63) is 24.3 Å². The molecule has 1 saturated heterocycles. The van der Waals surface area contributed by atoms with Crippen LogP contribution >= 0.6 is 0 Å². The van der Waals surface area contributed by atoms with E-state index in [1.165, 1.54) is 103 Å². The van der Waals surface area contributed by atoms with Crippen LogP contribution in [0.4, 0.5) is 0 Å². The molecule has 0 saturated carbocycles. The number of aliphatic hydroxyl groups is 7. The first-order valence-corrected chi connectivity index (χ1v) is 22.7. The highest BCUT2D eigenvalue weighted by Crippen LogP contribution is 2.23. The fourth-order valence-corrected chi connectivity index (χ4v) is 7.16. The minimum Gasteiger partial charge on any atom is -0.394 e. The van der Waals surface area contributed by atoms with E-state index in [-0.39, 0.29) is 12.8 Å². The van der Waals surface area contributed by atoms with E-state index in [0.29, 0.717) is 19.3 Å². The fraction of sp³-hybridized carbons (Fsp3) is 0.889. The molecule has 330 valence electrons. The van der Waals surface area contributed by atoms with E-state index in [0.717, 1.165) is 38.5 Å². The monoisotopic (exact) mass is 800 g/mol. The first kappa shape index (κ1) is 52.6. The Kier molecular flexibility index (Phi) is 33.4. The Morgan fingerprint density at radius 1 is 0.607 bits per heavy atom. The van der Waals surface area contributed by atoms with Crippen molar-refractivity contribution < 1.29 is 50.0 Å². The van der Waals surface area contributed by atoms with Gasteiger partial charge in [-0.25, -0.2) is 0 Å². The molecule has 1 heterocycles. The summed E-state index contributed by atoms with van der Waals surface area (Å²) in [5.74, 6) is -0.714. The highest BCUT2D eigenvalue weighted by Gasteiger charge is 2.44. The van der Waals surface area contributed by atoms with E-state index < -0.39 is 74.2 Å². The van der Waals surface area contributed by atoms with E-state index in [9.17, 15) is 40.5 Å². The van der Waals surface area contributed by atoms with Gasteiger partial charge in [0.2, 0.25) is 5.91 Å². The van der Waals surface area contributed by atoms with Crippen molar-refractivity contribution >= 4 is 5.91 Å². The summed E-state index contributed by atoms with van der Waals surface area (Å²) < 4.78 is 11.0. The topological polar surface area (TPSA) is 189 Å². The summed E-state index contributed by atoms with van der Waals surface area (Å²) in [5, 5.41) is 75.4. The molecular weight excluding hydrogens is 714 g/mol. The third-order valence-corrected chi connectivity index (χ3v) is 11.0. The zero-order valence-electron chi connectivity index (χ0n) is 35.4. The van der Waals surface area contributed by atoms with Crippen LogP contribution in [0, 0.1) is 0 Å². The lowest BCUT2D eigenvalue weighted by atomic mass is 9.98. The van der Waals surface area contributed by atoms with Crippen LogP contribution in [-0.2, 0) is 14.3 Å². The lowest BCUT2D eigenvalue weighted by molar-refractivity contribution is -0.303. The number of carbonyl (C=O) groups excluding carboxylic acids is 1. The second-order valence-corrected chi connectivity index (χ2v) is 16.1. The van der Waals surface area contributed by atoms with Gasteiger partial charge in [0.15, 0.2) is 6.29 Å². The third kappa shape index (κ3) is 25.2. The zero-order chi connectivity index (χ0) is 41.2. The molecule has 0 aromatic carbocycles. The summed E-state index contributed by atoms with van der Waals surface area (Å²) in [7, 11) is 0. The van der Waals surface area contributed by atoms with Crippen molar-refractivity contribution in [2.24, 2.45) is 0 Å². The normalized spacial score (nSPS) is 22.5. The van der Waals surface area contributed by atoms with E-state index in [1.807, 2.05) is 0 Å². The summed E-state index contributed by atoms with van der Waals surface area (Å²) in [6, 6.07) is -1.19. The summed E-state index contributed by atoms with van der Waals surface area (Å²) in [4.78, 5) is 13.0. The molecule has 1 amide bonds. The predicted molar refractivity (Wildman–Crippen MR) is 224 cm³/mol. The number of hydrogen-bond acceptors (Lipinski definition) is 10. The van der Waals surface area contributed by atoms with Crippen LogP contribution in [-0.4, -0.2) is 110 Å². The van der Waals surface area contributed by atoms with Gasteiger partial charge in [-0.2, -0.15) is 0 Å². The molecule has 0 aliphatic carbocycles. The predicted octanol–water partition coefficient (Wildman–Crippen LogP) is 7.06. The van der Waals surface area contributed by atoms with Gasteiger partial charge in [0, 0.05) is 0 Å². The lowest BCUT2D eigenvalue weighted by Crippen LogP contribution is -2.60. The number of rotatable bonds is 37. The molecule has 9 unspecified atom stereocenters. The number of nitrogens with one attached hydrogen (secondary N) is 1. The molecule has 1 aliphatic heterocycles. The Labute approximate surface area is 340 Å². The molecule has 0 aromatic heterocycles. The van der Waals surface area contributed by atoms with Crippen LogP contribution in [0.5, 0.6) is 0 Å². The standard InChI is InChI=1S/C45H85NO10/c1-3-5-7-9-11-13-14-15-16-17-18-19-20-21-22-23-25-26-28-30-32-37(48)40(50)36(35-55-45-43(53)42(52)41(51)39(34-47)56-45)46-44(54)38(49)33-31-29-27-24-12-10-8-6-4-2/h20-21,25-26,36-43,45,47-53H,3-19,22-24,27-35H2,1-2H3,(H,46,54)/b21-20+,26-25+. The third-order valence-electron chi connectivity index (χ3n) is 11.0. The van der Waals surface area contributed by atoms with Crippen LogP contribution in [0.2, 0.25) is 0 Å².